The van der Waals surface area contributed by atoms with E-state index in [0.29, 0.717) is 42.3 Å². The number of anilines is 1. The molecule has 7 rings (SSSR count). The molecule has 14 nitrogen and oxygen atoms in total. The third-order valence-corrected chi connectivity index (χ3v) is 9.92. The number of nitrogens with one attached hydrogen (secondary N) is 1. The van der Waals surface area contributed by atoms with Crippen molar-refractivity contribution in [2.24, 2.45) is 11.8 Å². The fourth-order valence-corrected chi connectivity index (χ4v) is 7.23. The van der Waals surface area contributed by atoms with Gasteiger partial charge in [-0.2, -0.15) is 15.1 Å². The summed E-state index contributed by atoms with van der Waals surface area (Å²) in [5, 5.41) is 15.7. The molecule has 0 bridgehead atoms. The van der Waals surface area contributed by atoms with Crippen LogP contribution < -0.4 is 16.8 Å². The Morgan fingerprint density at radius 3 is 2.26 bits per heavy atom. The first kappa shape index (κ1) is 35.7. The zero-order chi connectivity index (χ0) is 35.4. The number of rotatable bonds is 9. The minimum absolute atomic E-state index is 0.179. The number of ether oxygens (including phenoxy) is 2. The molecular formula is C35H46ClN9O5. The van der Waals surface area contributed by atoms with Gasteiger partial charge >= 0.3 is 11.4 Å². The van der Waals surface area contributed by atoms with E-state index >= 15 is 0 Å². The standard InChI is InChI=1S/C20H26N4O3.C15H20ClN5O2/c1-3-17-13(2)9-18(27-17)24-12-15-7-8-23(22-19(15)21-20(24)26)11-14-5-4-6-16(25)10-14;1-3-12-10(2)6-13(23-12)20-7-11(4-5-16)14(19-15(20)22)21-9-17-8-18-21/h4-6,10,12-13,17-18,25H,3,7-9,11H2,1-2H3,(H,21,22,26);7-10,12-13H,3-6H2,1-2H3. The summed E-state index contributed by atoms with van der Waals surface area (Å²) in [4.78, 5) is 37.4. The summed E-state index contributed by atoms with van der Waals surface area (Å²) < 4.78 is 16.8. The molecule has 0 spiro atoms. The third kappa shape index (κ3) is 7.93. The van der Waals surface area contributed by atoms with E-state index in [4.69, 9.17) is 21.1 Å². The van der Waals surface area contributed by atoms with Crippen LogP contribution >= 0.6 is 11.6 Å². The van der Waals surface area contributed by atoms with Crippen molar-refractivity contribution in [3.63, 3.8) is 0 Å². The number of hydrazine groups is 1. The molecule has 2 N–H and O–H groups in total. The fraction of sp³-hybridized carbons (Fsp3) is 0.543. The summed E-state index contributed by atoms with van der Waals surface area (Å²) in [5.74, 6) is 2.63. The molecule has 3 aromatic heterocycles. The zero-order valence-electron chi connectivity index (χ0n) is 29.0. The van der Waals surface area contributed by atoms with E-state index in [1.54, 1.807) is 27.5 Å². The van der Waals surface area contributed by atoms with Gasteiger partial charge in [-0.15, -0.1) is 11.6 Å². The Labute approximate surface area is 296 Å². The maximum atomic E-state index is 12.6. The topological polar surface area (TPSA) is 154 Å². The van der Waals surface area contributed by atoms with Crippen LogP contribution in [0.3, 0.4) is 0 Å². The smallest absolute Gasteiger partial charge is 0.351 e. The lowest BCUT2D eigenvalue weighted by atomic mass is 10.0. The number of hydrogen-bond donors (Lipinski definition) is 2. The van der Waals surface area contributed by atoms with Crippen LogP contribution in [0.25, 0.3) is 5.82 Å². The highest BCUT2D eigenvalue weighted by molar-refractivity contribution is 6.18. The molecule has 15 heteroatoms. The third-order valence-electron chi connectivity index (χ3n) is 9.74. The average Bonchev–Trinajstić information content (AvgIpc) is 3.85. The van der Waals surface area contributed by atoms with Crippen molar-refractivity contribution in [1.82, 2.24) is 38.9 Å². The lowest BCUT2D eigenvalue weighted by Gasteiger charge is -2.30. The molecule has 2 saturated heterocycles. The number of hydrogen-bond acceptors (Lipinski definition) is 11. The number of aromatic nitrogens is 7. The molecular weight excluding hydrogens is 662 g/mol. The van der Waals surface area contributed by atoms with Crippen LogP contribution in [-0.2, 0) is 28.9 Å². The fourth-order valence-electron chi connectivity index (χ4n) is 7.03. The molecule has 0 aliphatic carbocycles. The predicted octanol–water partition coefficient (Wildman–Crippen LogP) is 4.61. The number of alkyl halides is 1. The summed E-state index contributed by atoms with van der Waals surface area (Å²) in [6.07, 6.45) is 11.4. The summed E-state index contributed by atoms with van der Waals surface area (Å²) in [6, 6.07) is 7.18. The average molecular weight is 708 g/mol. The van der Waals surface area contributed by atoms with Crippen molar-refractivity contribution in [3.05, 3.63) is 87.0 Å². The van der Waals surface area contributed by atoms with Gasteiger partial charge in [0.2, 0.25) is 0 Å². The molecule has 6 unspecified atom stereocenters. The number of halogens is 1. The Bertz CT molecular complexity index is 1870. The van der Waals surface area contributed by atoms with Gasteiger partial charge in [-0.3, -0.25) is 9.13 Å². The Hall–Kier alpha value is -4.11. The van der Waals surface area contributed by atoms with E-state index < -0.39 is 0 Å². The monoisotopic (exact) mass is 707 g/mol. The number of phenols is 1. The molecule has 1 aromatic carbocycles. The number of phenolic OH excluding ortho intramolecular Hbond substituents is 1. The summed E-state index contributed by atoms with van der Waals surface area (Å²) in [6.45, 7) is 9.95. The predicted molar refractivity (Wildman–Crippen MR) is 188 cm³/mol. The first-order chi connectivity index (χ1) is 24.2. The molecule has 0 radical (unpaired) electrons. The van der Waals surface area contributed by atoms with Crippen LogP contribution in [0.5, 0.6) is 5.75 Å². The Morgan fingerprint density at radius 2 is 1.66 bits per heavy atom. The normalized spacial score (nSPS) is 24.7. The summed E-state index contributed by atoms with van der Waals surface area (Å²) >= 11 is 5.90. The highest BCUT2D eigenvalue weighted by Crippen LogP contribution is 2.35. The zero-order valence-corrected chi connectivity index (χ0v) is 29.7. The highest BCUT2D eigenvalue weighted by Gasteiger charge is 2.34. The first-order valence-electron chi connectivity index (χ1n) is 17.4. The molecule has 3 aliphatic rings. The second kappa shape index (κ2) is 15.8. The van der Waals surface area contributed by atoms with Gasteiger partial charge in [0.05, 0.1) is 12.2 Å². The number of fused-ring (bicyclic) bond motifs is 1. The van der Waals surface area contributed by atoms with E-state index in [2.05, 4.69) is 53.2 Å². The van der Waals surface area contributed by atoms with Crippen molar-refractivity contribution in [2.75, 3.05) is 17.9 Å². The van der Waals surface area contributed by atoms with E-state index in [1.165, 1.54) is 17.3 Å². The lowest BCUT2D eigenvalue weighted by molar-refractivity contribution is -0.00781. The maximum absolute atomic E-state index is 12.6. The largest absolute Gasteiger partial charge is 0.508 e. The van der Waals surface area contributed by atoms with Crippen molar-refractivity contribution in [2.45, 2.75) is 97.4 Å². The molecule has 6 atom stereocenters. The molecule has 6 heterocycles. The van der Waals surface area contributed by atoms with E-state index in [0.717, 1.165) is 55.3 Å². The van der Waals surface area contributed by atoms with E-state index in [-0.39, 0.29) is 41.8 Å². The molecule has 2 fully saturated rings. The molecule has 3 aliphatic heterocycles. The quantitative estimate of drug-likeness (QED) is 0.235. The van der Waals surface area contributed by atoms with Crippen LogP contribution in [0, 0.1) is 11.8 Å². The molecule has 50 heavy (non-hydrogen) atoms. The van der Waals surface area contributed by atoms with Gasteiger partial charge in [-0.1, -0.05) is 39.8 Å². The molecule has 4 aromatic rings. The van der Waals surface area contributed by atoms with Crippen LogP contribution in [-0.4, -0.2) is 68.6 Å². The van der Waals surface area contributed by atoms with Gasteiger partial charge in [0.1, 0.15) is 30.9 Å². The van der Waals surface area contributed by atoms with Gasteiger partial charge in [0.15, 0.2) is 11.6 Å². The van der Waals surface area contributed by atoms with Gasteiger partial charge in [0, 0.05) is 42.5 Å². The summed E-state index contributed by atoms with van der Waals surface area (Å²) in [7, 11) is 0. The first-order valence-corrected chi connectivity index (χ1v) is 18.0. The van der Waals surface area contributed by atoms with Crippen LogP contribution in [0.1, 0.15) is 82.5 Å². The van der Waals surface area contributed by atoms with Crippen molar-refractivity contribution in [1.29, 1.82) is 0 Å². The molecule has 268 valence electrons. The molecule has 0 saturated carbocycles. The minimum Gasteiger partial charge on any atom is -0.508 e. The Morgan fingerprint density at radius 1 is 0.980 bits per heavy atom. The van der Waals surface area contributed by atoms with Crippen LogP contribution in [0.2, 0.25) is 0 Å². The van der Waals surface area contributed by atoms with Gasteiger partial charge in [0.25, 0.3) is 0 Å². The van der Waals surface area contributed by atoms with Gasteiger partial charge in [-0.05, 0) is 68.1 Å². The van der Waals surface area contributed by atoms with E-state index in [9.17, 15) is 14.7 Å². The van der Waals surface area contributed by atoms with Crippen LogP contribution in [0.15, 0.2) is 58.9 Å². The SMILES string of the molecule is CCC1OC(n2cc(CCCl)c(-n3cncn3)nc2=O)CC1C.CCC1OC(n2cc3c(nc2=O)NN(Cc2cccc(O)c2)CC3)CC1C. The number of nitrogens with zero attached hydrogens (tertiary/aromatic N) is 8. The maximum Gasteiger partial charge on any atom is 0.351 e. The lowest BCUT2D eigenvalue weighted by Crippen LogP contribution is -2.39. The minimum atomic E-state index is -0.345. The second-order valence-electron chi connectivity index (χ2n) is 13.3. The summed E-state index contributed by atoms with van der Waals surface area (Å²) in [5.41, 5.74) is 5.48. The van der Waals surface area contributed by atoms with Crippen molar-refractivity contribution < 1.29 is 14.6 Å². The Balaban J connectivity index is 0.000000175. The van der Waals surface area contributed by atoms with Gasteiger partial charge < -0.3 is 20.0 Å². The number of aromatic hydroxyl groups is 1. The Kier molecular flexibility index (Phi) is 11.3. The molecule has 0 amide bonds. The van der Waals surface area contributed by atoms with Crippen LogP contribution in [0.4, 0.5) is 5.82 Å². The van der Waals surface area contributed by atoms with E-state index in [1.807, 2.05) is 23.3 Å². The van der Waals surface area contributed by atoms with Crippen molar-refractivity contribution >= 4 is 17.4 Å². The van der Waals surface area contributed by atoms with Gasteiger partial charge in [-0.25, -0.2) is 24.3 Å². The number of benzene rings is 1. The number of aryl methyl sites for hydroxylation is 1. The highest BCUT2D eigenvalue weighted by atomic mass is 35.5. The van der Waals surface area contributed by atoms with Crippen molar-refractivity contribution in [3.8, 4) is 11.6 Å². The second-order valence-corrected chi connectivity index (χ2v) is 13.7.